The third-order valence-electron chi connectivity index (χ3n) is 3.59. The highest BCUT2D eigenvalue weighted by Crippen LogP contribution is 2.38. The number of rotatable bonds is 2. The van der Waals surface area contributed by atoms with Crippen LogP contribution in [0.5, 0.6) is 0 Å². The number of para-hydroxylation sites is 1. The maximum Gasteiger partial charge on any atom is 0.0349 e. The van der Waals surface area contributed by atoms with E-state index in [0.717, 1.165) is 11.6 Å². The smallest absolute Gasteiger partial charge is 0.0349 e. The van der Waals surface area contributed by atoms with Gasteiger partial charge in [-0.05, 0) is 36.3 Å². The van der Waals surface area contributed by atoms with Crippen LogP contribution in [-0.4, -0.2) is 0 Å². The summed E-state index contributed by atoms with van der Waals surface area (Å²) in [6.07, 6.45) is 5.58. The molecule has 0 saturated heterocycles. The van der Waals surface area contributed by atoms with E-state index in [2.05, 4.69) is 19.1 Å². The standard InChI is InChI=1S/C13H19N/c1-10(11-6-2-3-7-11)12-8-4-5-9-13(12)14/h4-5,8-11H,2-3,6-7,14H2,1H3. The maximum atomic E-state index is 5.99. The van der Waals surface area contributed by atoms with E-state index in [-0.39, 0.29) is 0 Å². The first-order chi connectivity index (χ1) is 6.79. The second-order valence-corrected chi connectivity index (χ2v) is 4.46. The van der Waals surface area contributed by atoms with E-state index in [1.165, 1.54) is 31.2 Å². The minimum absolute atomic E-state index is 0.638. The summed E-state index contributed by atoms with van der Waals surface area (Å²) in [5, 5.41) is 0. The van der Waals surface area contributed by atoms with Crippen LogP contribution >= 0.6 is 0 Å². The Bertz CT molecular complexity index is 300. The van der Waals surface area contributed by atoms with Crippen LogP contribution in [0.1, 0.15) is 44.1 Å². The summed E-state index contributed by atoms with van der Waals surface area (Å²) >= 11 is 0. The Morgan fingerprint density at radius 3 is 2.50 bits per heavy atom. The summed E-state index contributed by atoms with van der Waals surface area (Å²) < 4.78 is 0. The molecule has 1 aliphatic carbocycles. The van der Waals surface area contributed by atoms with Gasteiger partial charge in [-0.2, -0.15) is 0 Å². The minimum atomic E-state index is 0.638. The summed E-state index contributed by atoms with van der Waals surface area (Å²) in [7, 11) is 0. The Morgan fingerprint density at radius 1 is 1.21 bits per heavy atom. The molecule has 14 heavy (non-hydrogen) atoms. The van der Waals surface area contributed by atoms with E-state index in [0.29, 0.717) is 5.92 Å². The Hall–Kier alpha value is -0.980. The molecule has 0 aromatic heterocycles. The van der Waals surface area contributed by atoms with E-state index in [9.17, 15) is 0 Å². The zero-order valence-corrected chi connectivity index (χ0v) is 8.87. The van der Waals surface area contributed by atoms with Crippen LogP contribution in [0.4, 0.5) is 5.69 Å². The maximum absolute atomic E-state index is 5.99. The molecule has 1 aromatic rings. The van der Waals surface area contributed by atoms with Crippen LogP contribution in [0.15, 0.2) is 24.3 Å². The van der Waals surface area contributed by atoms with Crippen molar-refractivity contribution in [3.63, 3.8) is 0 Å². The molecule has 0 heterocycles. The van der Waals surface area contributed by atoms with Crippen molar-refractivity contribution in [1.29, 1.82) is 0 Å². The average molecular weight is 189 g/mol. The van der Waals surface area contributed by atoms with E-state index in [1.54, 1.807) is 0 Å². The molecule has 1 unspecified atom stereocenters. The predicted octanol–water partition coefficient (Wildman–Crippen LogP) is 3.56. The van der Waals surface area contributed by atoms with Crippen molar-refractivity contribution in [2.45, 2.75) is 38.5 Å². The average Bonchev–Trinajstić information content (AvgIpc) is 2.70. The minimum Gasteiger partial charge on any atom is -0.398 e. The van der Waals surface area contributed by atoms with Crippen LogP contribution in [0.2, 0.25) is 0 Å². The lowest BCUT2D eigenvalue weighted by Crippen LogP contribution is -2.08. The van der Waals surface area contributed by atoms with Gasteiger partial charge in [-0.1, -0.05) is 38.0 Å². The zero-order valence-electron chi connectivity index (χ0n) is 8.87. The molecular formula is C13H19N. The third-order valence-corrected chi connectivity index (χ3v) is 3.59. The van der Waals surface area contributed by atoms with Gasteiger partial charge >= 0.3 is 0 Å². The molecule has 1 heteroatoms. The highest BCUT2D eigenvalue weighted by molar-refractivity contribution is 5.48. The molecule has 1 atom stereocenters. The van der Waals surface area contributed by atoms with Crippen molar-refractivity contribution in [2.24, 2.45) is 5.92 Å². The van der Waals surface area contributed by atoms with E-state index in [1.807, 2.05) is 12.1 Å². The third kappa shape index (κ3) is 1.77. The van der Waals surface area contributed by atoms with Crippen LogP contribution < -0.4 is 5.73 Å². The highest BCUT2D eigenvalue weighted by Gasteiger charge is 2.23. The zero-order chi connectivity index (χ0) is 9.97. The van der Waals surface area contributed by atoms with E-state index >= 15 is 0 Å². The van der Waals surface area contributed by atoms with Gasteiger partial charge in [0, 0.05) is 5.69 Å². The van der Waals surface area contributed by atoms with Crippen LogP contribution in [0.25, 0.3) is 0 Å². The van der Waals surface area contributed by atoms with Gasteiger partial charge in [-0.3, -0.25) is 0 Å². The number of nitrogen functional groups attached to an aromatic ring is 1. The first-order valence-electron chi connectivity index (χ1n) is 5.63. The van der Waals surface area contributed by atoms with Gasteiger partial charge < -0.3 is 5.73 Å². The molecular weight excluding hydrogens is 170 g/mol. The van der Waals surface area contributed by atoms with Crippen LogP contribution in [-0.2, 0) is 0 Å². The van der Waals surface area contributed by atoms with Crippen molar-refractivity contribution in [3.8, 4) is 0 Å². The fourth-order valence-corrected chi connectivity index (χ4v) is 2.64. The molecule has 1 aliphatic rings. The van der Waals surface area contributed by atoms with Gasteiger partial charge in [0.05, 0.1) is 0 Å². The van der Waals surface area contributed by atoms with Crippen LogP contribution in [0.3, 0.4) is 0 Å². The fourth-order valence-electron chi connectivity index (χ4n) is 2.64. The molecule has 2 N–H and O–H groups in total. The molecule has 0 spiro atoms. The quantitative estimate of drug-likeness (QED) is 0.707. The fraction of sp³-hybridized carbons (Fsp3) is 0.538. The number of nitrogens with two attached hydrogens (primary N) is 1. The number of anilines is 1. The molecule has 2 rings (SSSR count). The summed E-state index contributed by atoms with van der Waals surface area (Å²) in [4.78, 5) is 0. The molecule has 0 amide bonds. The molecule has 1 aromatic carbocycles. The van der Waals surface area contributed by atoms with Crippen molar-refractivity contribution in [3.05, 3.63) is 29.8 Å². The molecule has 0 aliphatic heterocycles. The van der Waals surface area contributed by atoms with E-state index < -0.39 is 0 Å². The van der Waals surface area contributed by atoms with Crippen molar-refractivity contribution >= 4 is 5.69 Å². The van der Waals surface area contributed by atoms with Gasteiger partial charge in [0.15, 0.2) is 0 Å². The monoisotopic (exact) mass is 189 g/mol. The van der Waals surface area contributed by atoms with Crippen molar-refractivity contribution in [1.82, 2.24) is 0 Å². The van der Waals surface area contributed by atoms with Gasteiger partial charge in [0.2, 0.25) is 0 Å². The summed E-state index contributed by atoms with van der Waals surface area (Å²) in [5.41, 5.74) is 8.30. The SMILES string of the molecule is CC(c1ccccc1N)C1CCCC1. The van der Waals surface area contributed by atoms with Gasteiger partial charge in [0.25, 0.3) is 0 Å². The predicted molar refractivity (Wildman–Crippen MR) is 61.2 cm³/mol. The second kappa shape index (κ2) is 4.04. The van der Waals surface area contributed by atoms with Gasteiger partial charge in [0.1, 0.15) is 0 Å². The number of hydrogen-bond acceptors (Lipinski definition) is 1. The van der Waals surface area contributed by atoms with Gasteiger partial charge in [-0.15, -0.1) is 0 Å². The molecule has 1 saturated carbocycles. The summed E-state index contributed by atoms with van der Waals surface area (Å²) in [6.45, 7) is 2.32. The summed E-state index contributed by atoms with van der Waals surface area (Å²) in [5.74, 6) is 1.50. The lowest BCUT2D eigenvalue weighted by atomic mass is 9.86. The topological polar surface area (TPSA) is 26.0 Å². The molecule has 1 fully saturated rings. The number of hydrogen-bond donors (Lipinski definition) is 1. The van der Waals surface area contributed by atoms with Crippen LogP contribution in [0, 0.1) is 5.92 Å². The summed E-state index contributed by atoms with van der Waals surface area (Å²) in [6, 6.07) is 8.30. The normalized spacial score (nSPS) is 19.8. The Labute approximate surface area is 86.3 Å². The Balaban J connectivity index is 2.17. The lowest BCUT2D eigenvalue weighted by Gasteiger charge is -2.20. The van der Waals surface area contributed by atoms with E-state index in [4.69, 9.17) is 5.73 Å². The lowest BCUT2D eigenvalue weighted by molar-refractivity contribution is 0.462. The first kappa shape index (κ1) is 9.57. The molecule has 0 bridgehead atoms. The first-order valence-corrected chi connectivity index (χ1v) is 5.63. The largest absolute Gasteiger partial charge is 0.398 e. The second-order valence-electron chi connectivity index (χ2n) is 4.46. The Kier molecular flexibility index (Phi) is 2.76. The molecule has 76 valence electrons. The Morgan fingerprint density at radius 2 is 1.86 bits per heavy atom. The molecule has 1 nitrogen and oxygen atoms in total. The van der Waals surface area contributed by atoms with Gasteiger partial charge in [-0.25, -0.2) is 0 Å². The molecule has 0 radical (unpaired) electrons. The van der Waals surface area contributed by atoms with Crippen molar-refractivity contribution < 1.29 is 0 Å². The number of benzene rings is 1. The van der Waals surface area contributed by atoms with Crippen molar-refractivity contribution in [2.75, 3.05) is 5.73 Å². The highest BCUT2D eigenvalue weighted by atomic mass is 14.6.